The molecule has 3 aromatic rings. The van der Waals surface area contributed by atoms with Gasteiger partial charge >= 0.3 is 5.69 Å². The molecule has 0 bridgehead atoms. The van der Waals surface area contributed by atoms with E-state index in [9.17, 15) is 19.2 Å². The van der Waals surface area contributed by atoms with Gasteiger partial charge in [-0.15, -0.1) is 0 Å². The first-order valence-electron chi connectivity index (χ1n) is 10.9. The highest BCUT2D eigenvalue weighted by atomic mass is 16.5. The zero-order valence-corrected chi connectivity index (χ0v) is 19.4. The fourth-order valence-corrected chi connectivity index (χ4v) is 3.62. The summed E-state index contributed by atoms with van der Waals surface area (Å²) in [5.74, 6) is -0.312. The largest absolute Gasteiger partial charge is 0.493 e. The lowest BCUT2D eigenvalue weighted by molar-refractivity contribution is -0.118. The number of ether oxygens (including phenoxy) is 2. The second kappa shape index (κ2) is 10.7. The number of aromatic nitrogens is 2. The number of hydrogen-bond acceptors (Lipinski definition) is 6. The van der Waals surface area contributed by atoms with Crippen LogP contribution in [0.3, 0.4) is 0 Å². The number of benzene rings is 2. The van der Waals surface area contributed by atoms with Crippen LogP contribution in [0.25, 0.3) is 10.9 Å². The van der Waals surface area contributed by atoms with Crippen molar-refractivity contribution in [1.82, 2.24) is 14.5 Å². The predicted molar refractivity (Wildman–Crippen MR) is 128 cm³/mol. The summed E-state index contributed by atoms with van der Waals surface area (Å²) in [7, 11) is 2.86. The number of rotatable bonds is 10. The maximum atomic E-state index is 13.3. The Bertz CT molecular complexity index is 1320. The van der Waals surface area contributed by atoms with E-state index >= 15 is 0 Å². The Morgan fingerprint density at radius 3 is 2.24 bits per heavy atom. The van der Waals surface area contributed by atoms with Crippen molar-refractivity contribution in [2.24, 2.45) is 5.73 Å². The summed E-state index contributed by atoms with van der Waals surface area (Å²) < 4.78 is 12.7. The molecule has 3 rings (SSSR count). The van der Waals surface area contributed by atoms with Crippen molar-refractivity contribution in [3.05, 3.63) is 68.4 Å². The highest BCUT2D eigenvalue weighted by molar-refractivity contribution is 5.94. The van der Waals surface area contributed by atoms with E-state index in [-0.39, 0.29) is 23.4 Å². The summed E-state index contributed by atoms with van der Waals surface area (Å²) in [4.78, 5) is 50.3. The van der Waals surface area contributed by atoms with Gasteiger partial charge in [-0.2, -0.15) is 0 Å². The van der Waals surface area contributed by atoms with Gasteiger partial charge < -0.3 is 20.5 Å². The van der Waals surface area contributed by atoms with Crippen LogP contribution in [-0.4, -0.2) is 41.7 Å². The summed E-state index contributed by atoms with van der Waals surface area (Å²) in [5, 5.41) is 3.01. The average Bonchev–Trinajstić information content (AvgIpc) is 2.83. The average molecular weight is 469 g/mol. The molecule has 180 valence electrons. The topological polar surface area (TPSA) is 135 Å². The van der Waals surface area contributed by atoms with Crippen molar-refractivity contribution in [2.45, 2.75) is 32.9 Å². The van der Waals surface area contributed by atoms with Gasteiger partial charge in [-0.25, -0.2) is 4.79 Å². The Morgan fingerprint density at radius 1 is 1.00 bits per heavy atom. The van der Waals surface area contributed by atoms with Crippen molar-refractivity contribution < 1.29 is 19.1 Å². The summed E-state index contributed by atoms with van der Waals surface area (Å²) >= 11 is 0. The van der Waals surface area contributed by atoms with Crippen LogP contribution in [0, 0.1) is 0 Å². The van der Waals surface area contributed by atoms with Crippen molar-refractivity contribution in [1.29, 1.82) is 0 Å². The molecule has 0 aliphatic carbocycles. The summed E-state index contributed by atoms with van der Waals surface area (Å²) in [6.07, 6.45) is 1.87. The van der Waals surface area contributed by atoms with Crippen molar-refractivity contribution in [2.75, 3.05) is 20.8 Å². The molecule has 0 aliphatic rings. The number of carbonyl (C=O) groups is 2. The van der Waals surface area contributed by atoms with Gasteiger partial charge in [0.1, 0.15) is 6.54 Å². The molecule has 10 nitrogen and oxygen atoms in total. The Morgan fingerprint density at radius 2 is 1.65 bits per heavy atom. The molecule has 0 spiro atoms. The molecule has 1 heterocycles. The number of methoxy groups -OCH3 is 2. The molecule has 3 N–H and O–H groups in total. The van der Waals surface area contributed by atoms with Gasteiger partial charge in [0.25, 0.3) is 11.5 Å². The molecule has 1 aromatic heterocycles. The number of fused-ring (bicyclic) bond motifs is 1. The fourth-order valence-electron chi connectivity index (χ4n) is 3.62. The van der Waals surface area contributed by atoms with E-state index in [2.05, 4.69) is 5.32 Å². The minimum Gasteiger partial charge on any atom is -0.493 e. The van der Waals surface area contributed by atoms with E-state index in [1.165, 1.54) is 26.4 Å². The monoisotopic (exact) mass is 468 g/mol. The Balaban J connectivity index is 2.05. The van der Waals surface area contributed by atoms with E-state index in [0.717, 1.165) is 22.0 Å². The maximum Gasteiger partial charge on any atom is 0.332 e. The Labute approximate surface area is 195 Å². The van der Waals surface area contributed by atoms with E-state index in [4.69, 9.17) is 15.2 Å². The van der Waals surface area contributed by atoms with E-state index in [1.807, 2.05) is 6.92 Å². The number of carbonyl (C=O) groups excluding carboxylic acids is 2. The molecule has 0 saturated heterocycles. The van der Waals surface area contributed by atoms with Crippen LogP contribution in [0.1, 0.15) is 35.7 Å². The van der Waals surface area contributed by atoms with Crippen LogP contribution in [0.4, 0.5) is 0 Å². The summed E-state index contributed by atoms with van der Waals surface area (Å²) in [6.45, 7) is 2.16. The number of unbranched alkanes of at least 4 members (excludes halogenated alkanes) is 1. The molecule has 2 amide bonds. The molecule has 0 radical (unpaired) electrons. The van der Waals surface area contributed by atoms with Crippen LogP contribution in [0.2, 0.25) is 0 Å². The minimum absolute atomic E-state index is 0.0571. The van der Waals surface area contributed by atoms with Gasteiger partial charge in [0, 0.05) is 18.2 Å². The number of nitrogens with zero attached hydrogens (tertiary/aromatic N) is 2. The second-order valence-corrected chi connectivity index (χ2v) is 7.76. The van der Waals surface area contributed by atoms with Gasteiger partial charge in [0.05, 0.1) is 31.7 Å². The lowest BCUT2D eigenvalue weighted by Crippen LogP contribution is -2.42. The zero-order chi connectivity index (χ0) is 24.8. The Hall–Kier alpha value is -4.08. The van der Waals surface area contributed by atoms with E-state index < -0.39 is 23.7 Å². The molecule has 10 heteroatoms. The quantitative estimate of drug-likeness (QED) is 0.430. The van der Waals surface area contributed by atoms with Crippen molar-refractivity contribution in [3.63, 3.8) is 0 Å². The molecule has 2 aromatic carbocycles. The van der Waals surface area contributed by atoms with Crippen LogP contribution in [0.5, 0.6) is 11.5 Å². The minimum atomic E-state index is -0.734. The SMILES string of the molecule is CCCCNC(=O)c1ccc(Cn2c(=O)c3cc(OC)c(OC)cc3n(CC(N)=O)c2=O)cc1. The van der Waals surface area contributed by atoms with Crippen molar-refractivity contribution >= 4 is 22.7 Å². The lowest BCUT2D eigenvalue weighted by Gasteiger charge is -2.15. The second-order valence-electron chi connectivity index (χ2n) is 7.76. The smallest absolute Gasteiger partial charge is 0.332 e. The number of primary amides is 1. The molecular formula is C24H28N4O6. The van der Waals surface area contributed by atoms with Crippen LogP contribution >= 0.6 is 0 Å². The summed E-state index contributed by atoms with van der Waals surface area (Å²) in [5.41, 5.74) is 5.44. The number of hydrogen-bond donors (Lipinski definition) is 2. The third-order valence-electron chi connectivity index (χ3n) is 5.42. The third-order valence-corrected chi connectivity index (χ3v) is 5.42. The first-order chi connectivity index (χ1) is 16.3. The van der Waals surface area contributed by atoms with Crippen molar-refractivity contribution in [3.8, 4) is 11.5 Å². The highest BCUT2D eigenvalue weighted by Crippen LogP contribution is 2.30. The van der Waals surface area contributed by atoms with Crippen LogP contribution < -0.4 is 31.8 Å². The first-order valence-corrected chi connectivity index (χ1v) is 10.9. The molecule has 0 aliphatic heterocycles. The number of amides is 2. The highest BCUT2D eigenvalue weighted by Gasteiger charge is 2.18. The molecule has 34 heavy (non-hydrogen) atoms. The van der Waals surface area contributed by atoms with Gasteiger partial charge in [-0.1, -0.05) is 25.5 Å². The van der Waals surface area contributed by atoms with Crippen LogP contribution in [-0.2, 0) is 17.9 Å². The normalized spacial score (nSPS) is 10.8. The third kappa shape index (κ3) is 5.11. The summed E-state index contributed by atoms with van der Waals surface area (Å²) in [6, 6.07) is 9.57. The Kier molecular flexibility index (Phi) is 7.72. The molecule has 0 fully saturated rings. The van der Waals surface area contributed by atoms with Crippen LogP contribution in [0.15, 0.2) is 46.0 Å². The van der Waals surface area contributed by atoms with Gasteiger partial charge in [-0.05, 0) is 30.2 Å². The maximum absolute atomic E-state index is 13.3. The van der Waals surface area contributed by atoms with E-state index in [1.54, 1.807) is 24.3 Å². The molecular weight excluding hydrogens is 440 g/mol. The van der Waals surface area contributed by atoms with Gasteiger partial charge in [-0.3, -0.25) is 23.5 Å². The molecule has 0 unspecified atom stereocenters. The number of nitrogens with one attached hydrogen (secondary N) is 1. The zero-order valence-electron chi connectivity index (χ0n) is 19.4. The van der Waals surface area contributed by atoms with E-state index in [0.29, 0.717) is 29.2 Å². The molecule has 0 saturated carbocycles. The predicted octanol–water partition coefficient (Wildman–Crippen LogP) is 1.24. The van der Waals surface area contributed by atoms with Gasteiger partial charge in [0.2, 0.25) is 5.91 Å². The number of nitrogens with two attached hydrogens (primary N) is 1. The first kappa shape index (κ1) is 24.6. The fraction of sp³-hybridized carbons (Fsp3) is 0.333. The standard InChI is InChI=1S/C24H28N4O6/c1-4-5-10-26-22(30)16-8-6-15(7-9-16)13-28-23(31)17-11-19(33-2)20(34-3)12-18(17)27(24(28)32)14-21(25)29/h6-9,11-12H,4-5,10,13-14H2,1-3H3,(H2,25,29)(H,26,30). The molecule has 0 atom stereocenters. The van der Waals surface area contributed by atoms with Gasteiger partial charge in [0.15, 0.2) is 11.5 Å². The lowest BCUT2D eigenvalue weighted by atomic mass is 10.1.